The molecule has 1 aromatic rings. The zero-order chi connectivity index (χ0) is 16.7. The molecule has 1 atom stereocenters. The smallest absolute Gasteiger partial charge is 0.249 e. The minimum Gasteiger partial charge on any atom is -0.396 e. The molecule has 0 saturated carbocycles. The summed E-state index contributed by atoms with van der Waals surface area (Å²) in [6.45, 7) is 1.68. The number of carbonyl (C=O) groups excluding carboxylic acids is 2. The Balaban J connectivity index is 2.26. The Labute approximate surface area is 137 Å². The van der Waals surface area contributed by atoms with Crippen LogP contribution < -0.4 is 5.73 Å². The Bertz CT molecular complexity index is 539. The highest BCUT2D eigenvalue weighted by Crippen LogP contribution is 2.28. The number of hydrogen-bond acceptors (Lipinski definition) is 3. The number of nitrogens with two attached hydrogens (primary N) is 1. The van der Waals surface area contributed by atoms with Crippen molar-refractivity contribution in [2.24, 2.45) is 5.73 Å². The van der Waals surface area contributed by atoms with Crippen molar-refractivity contribution in [1.82, 2.24) is 4.90 Å². The summed E-state index contributed by atoms with van der Waals surface area (Å²) in [4.78, 5) is 26.6. The molecule has 1 saturated heterocycles. The number of benzene rings is 1. The molecule has 5 nitrogen and oxygen atoms in total. The van der Waals surface area contributed by atoms with Crippen LogP contribution in [-0.2, 0) is 4.79 Å². The number of rotatable bonds is 7. The van der Waals surface area contributed by atoms with Gasteiger partial charge in [-0.3, -0.25) is 9.59 Å². The molecular formula is C18H26N2O3. The Morgan fingerprint density at radius 3 is 2.48 bits per heavy atom. The fourth-order valence-electron chi connectivity index (χ4n) is 3.23. The molecule has 5 heteroatoms. The number of amides is 2. The number of primary amides is 1. The molecule has 0 spiro atoms. The van der Waals surface area contributed by atoms with Crippen LogP contribution in [0, 0.1) is 0 Å². The summed E-state index contributed by atoms with van der Waals surface area (Å²) in [6.07, 6.45) is 5.26. The van der Waals surface area contributed by atoms with E-state index in [4.69, 9.17) is 10.8 Å². The van der Waals surface area contributed by atoms with Crippen molar-refractivity contribution in [1.29, 1.82) is 0 Å². The Morgan fingerprint density at radius 1 is 1.13 bits per heavy atom. The fourth-order valence-corrected chi connectivity index (χ4v) is 3.23. The van der Waals surface area contributed by atoms with Crippen LogP contribution in [0.25, 0.3) is 0 Å². The third kappa shape index (κ3) is 4.55. The Morgan fingerprint density at radius 2 is 1.83 bits per heavy atom. The maximum atomic E-state index is 13.0. The van der Waals surface area contributed by atoms with Crippen molar-refractivity contribution >= 4 is 11.8 Å². The zero-order valence-corrected chi connectivity index (χ0v) is 13.5. The second kappa shape index (κ2) is 8.67. The number of hydrogen-bond donors (Lipinski definition) is 2. The van der Waals surface area contributed by atoms with Crippen molar-refractivity contribution in [3.05, 3.63) is 35.4 Å². The normalized spacial score (nSPS) is 16.1. The van der Waals surface area contributed by atoms with Crippen LogP contribution in [0.1, 0.15) is 60.4 Å². The van der Waals surface area contributed by atoms with Gasteiger partial charge in [0.25, 0.3) is 0 Å². The lowest BCUT2D eigenvalue weighted by Gasteiger charge is -2.31. The third-order valence-corrected chi connectivity index (χ3v) is 4.47. The molecule has 23 heavy (non-hydrogen) atoms. The SMILES string of the molecule is NC(=O)c1ccccc1C(CCCCO)C(=O)N1CCCCC1. The van der Waals surface area contributed by atoms with Gasteiger partial charge in [-0.15, -0.1) is 0 Å². The van der Waals surface area contributed by atoms with Crippen LogP contribution in [-0.4, -0.2) is 41.5 Å². The van der Waals surface area contributed by atoms with Gasteiger partial charge in [0.15, 0.2) is 0 Å². The Hall–Kier alpha value is -1.88. The van der Waals surface area contributed by atoms with Crippen molar-refractivity contribution in [3.8, 4) is 0 Å². The summed E-state index contributed by atoms with van der Waals surface area (Å²) in [6, 6.07) is 7.11. The minimum atomic E-state index is -0.501. The molecule has 0 aromatic heterocycles. The monoisotopic (exact) mass is 318 g/mol. The van der Waals surface area contributed by atoms with Gasteiger partial charge in [-0.25, -0.2) is 0 Å². The number of likely N-dealkylation sites (tertiary alicyclic amines) is 1. The average Bonchev–Trinajstić information content (AvgIpc) is 2.59. The molecule has 2 rings (SSSR count). The van der Waals surface area contributed by atoms with E-state index >= 15 is 0 Å². The van der Waals surface area contributed by atoms with Gasteiger partial charge in [-0.2, -0.15) is 0 Å². The zero-order valence-electron chi connectivity index (χ0n) is 13.5. The molecule has 1 aromatic carbocycles. The fraction of sp³-hybridized carbons (Fsp3) is 0.556. The van der Waals surface area contributed by atoms with E-state index in [1.807, 2.05) is 17.0 Å². The lowest BCUT2D eigenvalue weighted by molar-refractivity contribution is -0.134. The topological polar surface area (TPSA) is 83.6 Å². The summed E-state index contributed by atoms with van der Waals surface area (Å²) in [7, 11) is 0. The first-order valence-electron chi connectivity index (χ1n) is 8.43. The summed E-state index contributed by atoms with van der Waals surface area (Å²) in [5.41, 5.74) is 6.62. The highest BCUT2D eigenvalue weighted by Gasteiger charge is 2.29. The predicted octanol–water partition coefficient (Wildman–Crippen LogP) is 2.04. The second-order valence-electron chi connectivity index (χ2n) is 6.11. The molecule has 2 amide bonds. The van der Waals surface area contributed by atoms with E-state index in [-0.39, 0.29) is 18.4 Å². The van der Waals surface area contributed by atoms with Gasteiger partial charge in [0.05, 0.1) is 5.92 Å². The van der Waals surface area contributed by atoms with Gasteiger partial charge in [0, 0.05) is 25.3 Å². The second-order valence-corrected chi connectivity index (χ2v) is 6.11. The van der Waals surface area contributed by atoms with E-state index in [0.29, 0.717) is 24.0 Å². The highest BCUT2D eigenvalue weighted by atomic mass is 16.3. The van der Waals surface area contributed by atoms with Crippen molar-refractivity contribution in [2.45, 2.75) is 44.4 Å². The van der Waals surface area contributed by atoms with Gasteiger partial charge in [-0.05, 0) is 43.7 Å². The lowest BCUT2D eigenvalue weighted by atomic mass is 9.88. The summed E-state index contributed by atoms with van der Waals surface area (Å²) in [5.74, 6) is -0.779. The van der Waals surface area contributed by atoms with E-state index in [1.165, 1.54) is 0 Å². The summed E-state index contributed by atoms with van der Waals surface area (Å²) in [5, 5.41) is 9.01. The maximum absolute atomic E-state index is 13.0. The van der Waals surface area contributed by atoms with Crippen molar-refractivity contribution in [3.63, 3.8) is 0 Å². The largest absolute Gasteiger partial charge is 0.396 e. The lowest BCUT2D eigenvalue weighted by Crippen LogP contribution is -2.39. The van der Waals surface area contributed by atoms with Crippen LogP contribution in [0.15, 0.2) is 24.3 Å². The first-order chi connectivity index (χ1) is 11.1. The van der Waals surface area contributed by atoms with Crippen LogP contribution in [0.5, 0.6) is 0 Å². The van der Waals surface area contributed by atoms with E-state index < -0.39 is 5.91 Å². The number of unbranched alkanes of at least 4 members (excludes halogenated alkanes) is 1. The van der Waals surface area contributed by atoms with E-state index in [0.717, 1.165) is 38.8 Å². The van der Waals surface area contributed by atoms with E-state index in [9.17, 15) is 9.59 Å². The number of piperidine rings is 1. The number of aliphatic hydroxyl groups excluding tert-OH is 1. The highest BCUT2D eigenvalue weighted by molar-refractivity contribution is 5.97. The molecule has 0 radical (unpaired) electrons. The van der Waals surface area contributed by atoms with Crippen LogP contribution >= 0.6 is 0 Å². The van der Waals surface area contributed by atoms with E-state index in [1.54, 1.807) is 12.1 Å². The molecular weight excluding hydrogens is 292 g/mol. The van der Waals surface area contributed by atoms with Gasteiger partial charge in [0.2, 0.25) is 11.8 Å². The molecule has 1 fully saturated rings. The van der Waals surface area contributed by atoms with E-state index in [2.05, 4.69) is 0 Å². The van der Waals surface area contributed by atoms with Crippen molar-refractivity contribution in [2.75, 3.05) is 19.7 Å². The number of nitrogens with zero attached hydrogens (tertiary/aromatic N) is 1. The molecule has 1 heterocycles. The summed E-state index contributed by atoms with van der Waals surface area (Å²) < 4.78 is 0. The standard InChI is InChI=1S/C18H26N2O3/c19-17(22)15-9-3-2-8-14(15)16(10-4-7-13-21)18(23)20-11-5-1-6-12-20/h2-3,8-9,16,21H,1,4-7,10-13H2,(H2,19,22). The average molecular weight is 318 g/mol. The van der Waals surface area contributed by atoms with Crippen molar-refractivity contribution < 1.29 is 14.7 Å². The van der Waals surface area contributed by atoms with Gasteiger partial charge in [0.1, 0.15) is 0 Å². The predicted molar refractivity (Wildman–Crippen MR) is 89.1 cm³/mol. The number of aliphatic hydroxyl groups is 1. The maximum Gasteiger partial charge on any atom is 0.249 e. The summed E-state index contributed by atoms with van der Waals surface area (Å²) >= 11 is 0. The molecule has 0 bridgehead atoms. The molecule has 126 valence electrons. The van der Waals surface area contributed by atoms with Crippen LogP contribution in [0.3, 0.4) is 0 Å². The molecule has 3 N–H and O–H groups in total. The molecule has 1 aliphatic rings. The number of carbonyl (C=O) groups is 2. The third-order valence-electron chi connectivity index (χ3n) is 4.47. The molecule has 0 aliphatic carbocycles. The first-order valence-corrected chi connectivity index (χ1v) is 8.43. The Kier molecular flexibility index (Phi) is 6.59. The van der Waals surface area contributed by atoms with Crippen LogP contribution in [0.4, 0.5) is 0 Å². The molecule has 1 unspecified atom stereocenters. The minimum absolute atomic E-state index is 0.0799. The van der Waals surface area contributed by atoms with Gasteiger partial charge in [-0.1, -0.05) is 24.6 Å². The molecule has 1 aliphatic heterocycles. The van der Waals surface area contributed by atoms with Crippen LogP contribution in [0.2, 0.25) is 0 Å². The quantitative estimate of drug-likeness (QED) is 0.755. The van der Waals surface area contributed by atoms with Gasteiger partial charge < -0.3 is 15.7 Å². The first kappa shape index (κ1) is 17.5. The van der Waals surface area contributed by atoms with Gasteiger partial charge >= 0.3 is 0 Å².